The third kappa shape index (κ3) is 3.22. The first-order chi connectivity index (χ1) is 8.47. The topological polar surface area (TPSA) is 45.2 Å². The van der Waals surface area contributed by atoms with Gasteiger partial charge in [0.15, 0.2) is 0 Å². The van der Waals surface area contributed by atoms with E-state index in [4.69, 9.17) is 0 Å². The molecule has 100 valence electrons. The Hall–Kier alpha value is -1.10. The van der Waals surface area contributed by atoms with Crippen molar-refractivity contribution in [3.8, 4) is 0 Å². The number of hydrogen-bond acceptors (Lipinski definition) is 3. The van der Waals surface area contributed by atoms with Crippen LogP contribution in [0.1, 0.15) is 44.7 Å². The Morgan fingerprint density at radius 1 is 1.61 bits per heavy atom. The molecule has 4 nitrogen and oxygen atoms in total. The molecule has 1 aliphatic heterocycles. The molecule has 1 unspecified atom stereocenters. The number of nitrogens with one attached hydrogen (secondary N) is 1. The summed E-state index contributed by atoms with van der Waals surface area (Å²) in [6.45, 7) is 7.90. The molecular formula is C13H21N3OS. The monoisotopic (exact) mass is 267 g/mol. The Morgan fingerprint density at radius 3 is 3.00 bits per heavy atom. The SMILES string of the molecule is CC(C)(C)CNC(=O)N1CCCC1c1nccs1. The first kappa shape index (κ1) is 13.3. The van der Waals surface area contributed by atoms with Crippen LogP contribution in [0.15, 0.2) is 11.6 Å². The Labute approximate surface area is 112 Å². The highest BCUT2D eigenvalue weighted by Crippen LogP contribution is 2.32. The highest BCUT2D eigenvalue weighted by Gasteiger charge is 2.31. The largest absolute Gasteiger partial charge is 0.337 e. The van der Waals surface area contributed by atoms with Crippen molar-refractivity contribution in [2.45, 2.75) is 39.7 Å². The zero-order chi connectivity index (χ0) is 13.2. The maximum atomic E-state index is 12.2. The molecule has 1 fully saturated rings. The number of amides is 2. The summed E-state index contributed by atoms with van der Waals surface area (Å²) in [7, 11) is 0. The molecule has 0 radical (unpaired) electrons. The van der Waals surface area contributed by atoms with Gasteiger partial charge in [-0.2, -0.15) is 0 Å². The van der Waals surface area contributed by atoms with Gasteiger partial charge in [-0.05, 0) is 18.3 Å². The van der Waals surface area contributed by atoms with Crippen molar-refractivity contribution < 1.29 is 4.79 Å². The fraction of sp³-hybridized carbons (Fsp3) is 0.692. The number of hydrogen-bond donors (Lipinski definition) is 1. The van der Waals surface area contributed by atoms with Crippen LogP contribution in [0, 0.1) is 5.41 Å². The van der Waals surface area contributed by atoms with Crippen molar-refractivity contribution in [2.75, 3.05) is 13.1 Å². The molecule has 18 heavy (non-hydrogen) atoms. The Kier molecular flexibility index (Phi) is 3.90. The smallest absolute Gasteiger partial charge is 0.318 e. The Morgan fingerprint density at radius 2 is 2.39 bits per heavy atom. The highest BCUT2D eigenvalue weighted by atomic mass is 32.1. The van der Waals surface area contributed by atoms with Gasteiger partial charge in [0, 0.05) is 24.7 Å². The minimum absolute atomic E-state index is 0.0441. The van der Waals surface area contributed by atoms with Crippen molar-refractivity contribution in [3.63, 3.8) is 0 Å². The molecule has 1 saturated heterocycles. The summed E-state index contributed by atoms with van der Waals surface area (Å²) in [5.41, 5.74) is 0.117. The van der Waals surface area contributed by atoms with E-state index in [1.807, 2.05) is 16.5 Å². The minimum atomic E-state index is 0.0441. The van der Waals surface area contributed by atoms with Gasteiger partial charge in [-0.1, -0.05) is 20.8 Å². The number of likely N-dealkylation sites (tertiary alicyclic amines) is 1. The molecule has 1 aromatic rings. The lowest BCUT2D eigenvalue weighted by Gasteiger charge is -2.26. The van der Waals surface area contributed by atoms with Crippen LogP contribution in [0.2, 0.25) is 0 Å². The number of urea groups is 1. The van der Waals surface area contributed by atoms with Gasteiger partial charge in [-0.15, -0.1) is 11.3 Å². The molecule has 1 aromatic heterocycles. The molecule has 0 saturated carbocycles. The second kappa shape index (κ2) is 5.26. The van der Waals surface area contributed by atoms with E-state index in [9.17, 15) is 4.79 Å². The molecule has 2 amide bonds. The van der Waals surface area contributed by atoms with Crippen LogP contribution in [0.3, 0.4) is 0 Å². The lowest BCUT2D eigenvalue weighted by Crippen LogP contribution is -2.42. The lowest BCUT2D eigenvalue weighted by atomic mass is 9.97. The van der Waals surface area contributed by atoms with Gasteiger partial charge < -0.3 is 10.2 Å². The highest BCUT2D eigenvalue weighted by molar-refractivity contribution is 7.09. The summed E-state index contributed by atoms with van der Waals surface area (Å²) >= 11 is 1.63. The molecule has 2 rings (SSSR count). The predicted molar refractivity (Wildman–Crippen MR) is 73.6 cm³/mol. The van der Waals surface area contributed by atoms with Gasteiger partial charge in [-0.25, -0.2) is 9.78 Å². The van der Waals surface area contributed by atoms with E-state index in [0.29, 0.717) is 6.54 Å². The third-order valence-corrected chi connectivity index (χ3v) is 3.90. The van der Waals surface area contributed by atoms with Crippen LogP contribution >= 0.6 is 11.3 Å². The maximum Gasteiger partial charge on any atom is 0.318 e. The van der Waals surface area contributed by atoms with E-state index in [1.54, 1.807) is 11.3 Å². The van der Waals surface area contributed by atoms with E-state index >= 15 is 0 Å². The zero-order valence-electron chi connectivity index (χ0n) is 11.3. The summed E-state index contributed by atoms with van der Waals surface area (Å²) in [6, 6.07) is 0.215. The number of rotatable bonds is 2. The molecule has 1 aliphatic rings. The number of aromatic nitrogens is 1. The number of nitrogens with zero attached hydrogens (tertiary/aromatic N) is 2. The summed E-state index contributed by atoms with van der Waals surface area (Å²) in [5, 5.41) is 6.05. The van der Waals surface area contributed by atoms with Crippen molar-refractivity contribution in [1.29, 1.82) is 0 Å². The fourth-order valence-electron chi connectivity index (χ4n) is 2.11. The number of carbonyl (C=O) groups excluding carboxylic acids is 1. The average Bonchev–Trinajstić information content (AvgIpc) is 2.94. The fourth-order valence-corrected chi connectivity index (χ4v) is 2.89. The van der Waals surface area contributed by atoms with Gasteiger partial charge in [0.25, 0.3) is 0 Å². The normalized spacial score (nSPS) is 20.2. The van der Waals surface area contributed by atoms with Crippen LogP contribution < -0.4 is 5.32 Å². The van der Waals surface area contributed by atoms with Gasteiger partial charge in [0.2, 0.25) is 0 Å². The van der Waals surface area contributed by atoms with E-state index in [-0.39, 0.29) is 17.5 Å². The second-order valence-corrected chi connectivity index (χ2v) is 6.87. The average molecular weight is 267 g/mol. The van der Waals surface area contributed by atoms with Crippen LogP contribution in [0.4, 0.5) is 4.79 Å². The molecule has 2 heterocycles. The van der Waals surface area contributed by atoms with Gasteiger partial charge >= 0.3 is 6.03 Å². The van der Waals surface area contributed by atoms with Crippen molar-refractivity contribution in [1.82, 2.24) is 15.2 Å². The van der Waals surface area contributed by atoms with E-state index in [1.165, 1.54) is 0 Å². The van der Waals surface area contributed by atoms with E-state index in [2.05, 4.69) is 31.1 Å². The predicted octanol–water partition coefficient (Wildman–Crippen LogP) is 3.04. The van der Waals surface area contributed by atoms with Crippen molar-refractivity contribution in [2.24, 2.45) is 5.41 Å². The zero-order valence-corrected chi connectivity index (χ0v) is 12.1. The lowest BCUT2D eigenvalue weighted by molar-refractivity contribution is 0.188. The van der Waals surface area contributed by atoms with E-state index in [0.717, 1.165) is 24.4 Å². The maximum absolute atomic E-state index is 12.2. The molecule has 0 aromatic carbocycles. The molecule has 0 spiro atoms. The minimum Gasteiger partial charge on any atom is -0.337 e. The van der Waals surface area contributed by atoms with Gasteiger partial charge in [0.05, 0.1) is 6.04 Å². The molecule has 0 bridgehead atoms. The molecule has 1 atom stereocenters. The summed E-state index contributed by atoms with van der Waals surface area (Å²) < 4.78 is 0. The van der Waals surface area contributed by atoms with Gasteiger partial charge in [-0.3, -0.25) is 0 Å². The number of thiazole rings is 1. The summed E-state index contributed by atoms with van der Waals surface area (Å²) in [5.74, 6) is 0. The van der Waals surface area contributed by atoms with Crippen LogP contribution in [0.25, 0.3) is 0 Å². The van der Waals surface area contributed by atoms with Crippen LogP contribution in [0.5, 0.6) is 0 Å². The third-order valence-electron chi connectivity index (χ3n) is 3.02. The molecule has 0 aliphatic carbocycles. The Balaban J connectivity index is 1.97. The Bertz CT molecular complexity index is 397. The first-order valence-corrected chi connectivity index (χ1v) is 7.29. The first-order valence-electron chi connectivity index (χ1n) is 6.41. The van der Waals surface area contributed by atoms with Crippen molar-refractivity contribution >= 4 is 17.4 Å². The second-order valence-electron chi connectivity index (χ2n) is 5.94. The summed E-state index contributed by atoms with van der Waals surface area (Å²) in [4.78, 5) is 18.4. The molecule has 5 heteroatoms. The molecule has 1 N–H and O–H groups in total. The standard InChI is InChI=1S/C13H21N3OS/c1-13(2,3)9-15-12(17)16-7-4-5-10(16)11-14-6-8-18-11/h6,8,10H,4-5,7,9H2,1-3H3,(H,15,17). The van der Waals surface area contributed by atoms with Crippen LogP contribution in [-0.4, -0.2) is 29.0 Å². The number of carbonyl (C=O) groups is 1. The quantitative estimate of drug-likeness (QED) is 0.895. The van der Waals surface area contributed by atoms with Crippen LogP contribution in [-0.2, 0) is 0 Å². The van der Waals surface area contributed by atoms with Gasteiger partial charge in [0.1, 0.15) is 5.01 Å². The summed E-state index contributed by atoms with van der Waals surface area (Å²) in [6.07, 6.45) is 3.90. The van der Waals surface area contributed by atoms with Crippen molar-refractivity contribution in [3.05, 3.63) is 16.6 Å². The molecular weight excluding hydrogens is 246 g/mol. The van der Waals surface area contributed by atoms with E-state index < -0.39 is 0 Å².